The Bertz CT molecular complexity index is 243. The van der Waals surface area contributed by atoms with Gasteiger partial charge in [0.2, 0.25) is 0 Å². The Balaban J connectivity index is 0. The molecule has 0 aliphatic rings. The van der Waals surface area contributed by atoms with Gasteiger partial charge in [-0.3, -0.25) is 0 Å². The van der Waals surface area contributed by atoms with Crippen LogP contribution in [0.3, 0.4) is 0 Å². The summed E-state index contributed by atoms with van der Waals surface area (Å²) in [5, 5.41) is 0. The minimum Gasteiger partial charge on any atom is -1.00 e. The predicted molar refractivity (Wildman–Crippen MR) is 103 cm³/mol. The molecule has 0 aromatic rings. The summed E-state index contributed by atoms with van der Waals surface area (Å²) in [5.41, 5.74) is 0. The largest absolute Gasteiger partial charge is 1.00 e. The number of nitrogens with zero attached hydrogens (tertiary/aromatic N) is 4. The molecule has 0 N–H and O–H groups in total. The van der Waals surface area contributed by atoms with Gasteiger partial charge in [-0.25, -0.2) is 0 Å². The van der Waals surface area contributed by atoms with Crippen LogP contribution >= 0.6 is 7.87 Å². The number of hydrogen-bond donors (Lipinski definition) is 0. The van der Waals surface area contributed by atoms with Crippen molar-refractivity contribution in [3.63, 3.8) is 0 Å². The zero-order valence-electron chi connectivity index (χ0n) is 17.0. The van der Waals surface area contributed by atoms with Crippen molar-refractivity contribution in [2.24, 2.45) is 0 Å². The molecule has 0 aromatic heterocycles. The quantitative estimate of drug-likeness (QED) is 0.305. The molecule has 0 saturated carbocycles. The van der Waals surface area contributed by atoms with Crippen LogP contribution in [0.5, 0.6) is 0 Å². The maximum absolute atomic E-state index is 2.64. The molecule has 0 aliphatic heterocycles. The van der Waals surface area contributed by atoms with Crippen LogP contribution in [-0.4, -0.2) is 73.6 Å². The minimum absolute atomic E-state index is 0. The Morgan fingerprint density at radius 3 is 1.00 bits per heavy atom. The van der Waals surface area contributed by atoms with Crippen molar-refractivity contribution in [2.45, 2.75) is 59.3 Å². The minimum atomic E-state index is -1.60. The van der Waals surface area contributed by atoms with Gasteiger partial charge in [0.05, 0.1) is 0 Å². The summed E-state index contributed by atoms with van der Waals surface area (Å²) in [6.07, 6.45) is 7.60. The Morgan fingerprint density at radius 1 is 0.565 bits per heavy atom. The molecule has 142 valence electrons. The monoisotopic (exact) mass is 460 g/mol. The SMILES string of the molecule is CCCCN(C)[P+](N(C)C)(N(C)CCCC)N(C)CCCC.[I-]. The Kier molecular flexibility index (Phi) is 16.2. The molecule has 6 heteroatoms. The highest BCUT2D eigenvalue weighted by molar-refractivity contribution is 7.66. The summed E-state index contributed by atoms with van der Waals surface area (Å²) in [6, 6.07) is 0. The molecule has 0 radical (unpaired) electrons. The van der Waals surface area contributed by atoms with E-state index in [1.54, 1.807) is 0 Å². The van der Waals surface area contributed by atoms with Crippen molar-refractivity contribution in [3.05, 3.63) is 0 Å². The molecule has 0 aliphatic carbocycles. The number of hydrogen-bond acceptors (Lipinski definition) is 4. The lowest BCUT2D eigenvalue weighted by Gasteiger charge is -2.46. The van der Waals surface area contributed by atoms with Gasteiger partial charge in [0.15, 0.2) is 0 Å². The van der Waals surface area contributed by atoms with Crippen molar-refractivity contribution in [3.8, 4) is 0 Å². The molecule has 0 saturated heterocycles. The van der Waals surface area contributed by atoms with Gasteiger partial charge in [0.25, 0.3) is 0 Å². The third-order valence-corrected chi connectivity index (χ3v) is 8.84. The van der Waals surface area contributed by atoms with Gasteiger partial charge >= 0.3 is 7.87 Å². The summed E-state index contributed by atoms with van der Waals surface area (Å²) >= 11 is 0. The number of unbranched alkanes of at least 4 members (excludes halogenated alkanes) is 3. The maximum Gasteiger partial charge on any atom is 0.307 e. The number of rotatable bonds is 13. The van der Waals surface area contributed by atoms with Crippen LogP contribution in [0.4, 0.5) is 0 Å². The van der Waals surface area contributed by atoms with Gasteiger partial charge in [0, 0.05) is 54.9 Å². The van der Waals surface area contributed by atoms with E-state index in [2.05, 4.69) is 74.7 Å². The molecule has 0 atom stereocenters. The molecule has 0 aromatic carbocycles. The summed E-state index contributed by atoms with van der Waals surface area (Å²) < 4.78 is 10.4. The molecule has 0 bridgehead atoms. The Labute approximate surface area is 164 Å². The first kappa shape index (κ1) is 26.2. The second kappa shape index (κ2) is 14.2. The van der Waals surface area contributed by atoms with Gasteiger partial charge in [-0.05, 0) is 19.3 Å². The van der Waals surface area contributed by atoms with E-state index >= 15 is 0 Å². The van der Waals surface area contributed by atoms with Gasteiger partial charge in [0.1, 0.15) is 0 Å². The fourth-order valence-electron chi connectivity index (χ4n) is 3.26. The van der Waals surface area contributed by atoms with Crippen LogP contribution in [0.25, 0.3) is 0 Å². The average molecular weight is 460 g/mol. The lowest BCUT2D eigenvalue weighted by molar-refractivity contribution is -0.00000526. The van der Waals surface area contributed by atoms with E-state index in [-0.39, 0.29) is 24.0 Å². The van der Waals surface area contributed by atoms with Crippen molar-refractivity contribution >= 4 is 7.87 Å². The Hall–Kier alpha value is 1.00. The van der Waals surface area contributed by atoms with Crippen LogP contribution < -0.4 is 24.0 Å². The molecule has 0 heterocycles. The third-order valence-electron chi connectivity index (χ3n) is 4.42. The zero-order chi connectivity index (χ0) is 17.2. The molecule has 0 fully saturated rings. The summed E-state index contributed by atoms with van der Waals surface area (Å²) in [6.45, 7) is 10.4. The molecule has 0 rings (SSSR count). The molecular formula is C17H42IN4P. The van der Waals surface area contributed by atoms with Gasteiger partial charge in [-0.1, -0.05) is 40.0 Å². The molecular weight excluding hydrogens is 418 g/mol. The summed E-state index contributed by atoms with van der Waals surface area (Å²) in [7, 11) is 9.92. The molecule has 4 nitrogen and oxygen atoms in total. The average Bonchev–Trinajstić information content (AvgIpc) is 2.48. The second-order valence-electron chi connectivity index (χ2n) is 6.59. The smallest absolute Gasteiger partial charge is 0.307 e. The van der Waals surface area contributed by atoms with Crippen molar-refractivity contribution in [1.29, 1.82) is 0 Å². The summed E-state index contributed by atoms with van der Waals surface area (Å²) in [5.74, 6) is 0. The van der Waals surface area contributed by atoms with Crippen molar-refractivity contribution in [2.75, 3.05) is 54.9 Å². The first-order chi connectivity index (χ1) is 10.4. The highest BCUT2D eigenvalue weighted by Crippen LogP contribution is 2.67. The second-order valence-corrected chi connectivity index (χ2v) is 10.5. The van der Waals surface area contributed by atoms with Crippen LogP contribution in [0.2, 0.25) is 0 Å². The van der Waals surface area contributed by atoms with Crippen LogP contribution in [0, 0.1) is 0 Å². The van der Waals surface area contributed by atoms with Crippen LogP contribution in [-0.2, 0) is 0 Å². The lowest BCUT2D eigenvalue weighted by atomic mass is 10.3. The molecule has 0 amide bonds. The van der Waals surface area contributed by atoms with E-state index < -0.39 is 7.87 Å². The van der Waals surface area contributed by atoms with Crippen molar-refractivity contribution in [1.82, 2.24) is 18.7 Å². The molecule has 0 spiro atoms. The van der Waals surface area contributed by atoms with E-state index in [1.165, 1.54) is 58.2 Å². The van der Waals surface area contributed by atoms with Gasteiger partial charge in [-0.15, -0.1) is 18.7 Å². The highest BCUT2D eigenvalue weighted by atomic mass is 127. The van der Waals surface area contributed by atoms with E-state index in [9.17, 15) is 0 Å². The van der Waals surface area contributed by atoms with E-state index in [0.717, 1.165) is 0 Å². The highest BCUT2D eigenvalue weighted by Gasteiger charge is 2.54. The van der Waals surface area contributed by atoms with E-state index in [1.807, 2.05) is 0 Å². The molecule has 0 unspecified atom stereocenters. The van der Waals surface area contributed by atoms with Gasteiger partial charge in [-0.2, -0.15) is 0 Å². The Morgan fingerprint density at radius 2 is 0.826 bits per heavy atom. The third kappa shape index (κ3) is 7.41. The maximum atomic E-state index is 2.64. The topological polar surface area (TPSA) is 13.0 Å². The first-order valence-corrected chi connectivity index (χ1v) is 10.7. The fourth-order valence-corrected chi connectivity index (χ4v) is 7.89. The van der Waals surface area contributed by atoms with Gasteiger partial charge < -0.3 is 24.0 Å². The summed E-state index contributed by atoms with van der Waals surface area (Å²) in [4.78, 5) is 0. The molecule has 23 heavy (non-hydrogen) atoms. The normalized spacial score (nSPS) is 12.5. The van der Waals surface area contributed by atoms with E-state index in [4.69, 9.17) is 0 Å². The van der Waals surface area contributed by atoms with Crippen LogP contribution in [0.1, 0.15) is 59.3 Å². The number of halogens is 1. The fraction of sp³-hybridized carbons (Fsp3) is 1.00. The standard InChI is InChI=1S/C17H42N4P.HI/c1-9-12-15-19(6)22(18(4)5,20(7)16-13-10-2)21(8)17-14-11-3;/h9-17H2,1-8H3;1H/q+1;/p-1. The lowest BCUT2D eigenvalue weighted by Crippen LogP contribution is -3.00. The van der Waals surface area contributed by atoms with Crippen molar-refractivity contribution < 1.29 is 24.0 Å². The predicted octanol–water partition coefficient (Wildman–Crippen LogP) is 1.43. The van der Waals surface area contributed by atoms with Crippen LogP contribution in [0.15, 0.2) is 0 Å². The first-order valence-electron chi connectivity index (χ1n) is 9.11. The zero-order valence-corrected chi connectivity index (χ0v) is 20.0. The van der Waals surface area contributed by atoms with E-state index in [0.29, 0.717) is 0 Å².